The standard InChI is InChI=1S/C66H38N2S4/c1-3-13-43(14-4-1)67(47-21-27-51-55-25-19-39-11-7-9-17-49(39)65(55)71-63(51)37-47)45-23-29-53-57-31-41-34-60-58(32-42(41)33-59(57)69-61(53)35-45)54-30-24-46(36-62(54)70-60)68(44-15-5-2-6-16-44)48-22-28-52-56-26-20-40-12-8-10-18-50(40)66(56)72-64(52)38-48/h1-38H. The zero-order valence-electron chi connectivity index (χ0n) is 38.5. The number of rotatable bonds is 6. The summed E-state index contributed by atoms with van der Waals surface area (Å²) in [6.07, 6.45) is 0. The van der Waals surface area contributed by atoms with Crippen LogP contribution in [0.15, 0.2) is 231 Å². The summed E-state index contributed by atoms with van der Waals surface area (Å²) < 4.78 is 10.5. The van der Waals surface area contributed by atoms with Gasteiger partial charge in [0.25, 0.3) is 0 Å². The molecule has 0 saturated carbocycles. The Kier molecular flexibility index (Phi) is 8.86. The summed E-state index contributed by atoms with van der Waals surface area (Å²) in [5.41, 5.74) is 6.91. The molecular weight excluding hydrogens is 949 g/mol. The summed E-state index contributed by atoms with van der Waals surface area (Å²) in [6.45, 7) is 0. The fourth-order valence-corrected chi connectivity index (χ4v) is 16.2. The van der Waals surface area contributed by atoms with Crippen molar-refractivity contribution in [3.05, 3.63) is 231 Å². The third-order valence-corrected chi connectivity index (χ3v) is 19.4. The minimum Gasteiger partial charge on any atom is -0.310 e. The molecular formula is C66H38N2S4. The summed E-state index contributed by atoms with van der Waals surface area (Å²) in [4.78, 5) is 4.83. The van der Waals surface area contributed by atoms with Gasteiger partial charge < -0.3 is 9.80 Å². The van der Waals surface area contributed by atoms with Crippen molar-refractivity contribution in [2.45, 2.75) is 0 Å². The molecule has 0 radical (unpaired) electrons. The van der Waals surface area contributed by atoms with Gasteiger partial charge in [0.05, 0.1) is 0 Å². The average molecular weight is 987 g/mol. The third-order valence-electron chi connectivity index (χ3n) is 14.7. The van der Waals surface area contributed by atoms with Crippen LogP contribution in [0.3, 0.4) is 0 Å². The first kappa shape index (κ1) is 40.6. The first-order valence-corrected chi connectivity index (χ1v) is 27.5. The lowest BCUT2D eigenvalue weighted by Crippen LogP contribution is -2.09. The largest absolute Gasteiger partial charge is 0.310 e. The summed E-state index contributed by atoms with van der Waals surface area (Å²) in [5, 5.41) is 18.2. The molecule has 72 heavy (non-hydrogen) atoms. The smallest absolute Gasteiger partial charge is 0.0476 e. The lowest BCUT2D eigenvalue weighted by atomic mass is 10.0. The number of nitrogens with zero attached hydrogens (tertiary/aromatic N) is 2. The first-order chi connectivity index (χ1) is 35.6. The Morgan fingerprint density at radius 3 is 0.944 bits per heavy atom. The Morgan fingerprint density at radius 2 is 0.528 bits per heavy atom. The second-order valence-electron chi connectivity index (χ2n) is 18.8. The van der Waals surface area contributed by atoms with Crippen molar-refractivity contribution in [2.24, 2.45) is 0 Å². The van der Waals surface area contributed by atoms with E-state index in [1.165, 1.54) is 113 Å². The van der Waals surface area contributed by atoms with Crippen molar-refractivity contribution in [1.82, 2.24) is 0 Å². The van der Waals surface area contributed by atoms with Crippen LogP contribution >= 0.6 is 45.3 Å². The minimum absolute atomic E-state index is 1.14. The predicted molar refractivity (Wildman–Crippen MR) is 320 cm³/mol. The molecule has 2 nitrogen and oxygen atoms in total. The molecule has 16 aromatic rings. The molecule has 0 aliphatic rings. The second-order valence-corrected chi connectivity index (χ2v) is 23.1. The first-order valence-electron chi connectivity index (χ1n) is 24.3. The molecule has 0 aliphatic carbocycles. The van der Waals surface area contributed by atoms with Gasteiger partial charge in [-0.25, -0.2) is 0 Å². The Morgan fingerprint density at radius 1 is 0.194 bits per heavy atom. The topological polar surface area (TPSA) is 6.48 Å². The maximum absolute atomic E-state index is 2.43. The number of fused-ring (bicyclic) bond motifs is 17. The number of para-hydroxylation sites is 2. The fourth-order valence-electron chi connectivity index (χ4n) is 11.4. The van der Waals surface area contributed by atoms with Crippen molar-refractivity contribution in [2.75, 3.05) is 9.80 Å². The van der Waals surface area contributed by atoms with E-state index in [1.807, 2.05) is 45.3 Å². The number of benzene rings is 12. The average Bonchev–Trinajstić information content (AvgIpc) is 4.20. The molecule has 0 amide bonds. The van der Waals surface area contributed by atoms with Crippen LogP contribution in [0.25, 0.3) is 113 Å². The van der Waals surface area contributed by atoms with Crippen LogP contribution in [0.5, 0.6) is 0 Å². The van der Waals surface area contributed by atoms with Crippen LogP contribution in [0.4, 0.5) is 34.1 Å². The van der Waals surface area contributed by atoms with E-state index in [2.05, 4.69) is 240 Å². The van der Waals surface area contributed by atoms with Crippen LogP contribution < -0.4 is 9.80 Å². The van der Waals surface area contributed by atoms with Crippen molar-refractivity contribution in [3.8, 4) is 0 Å². The molecule has 0 unspecified atom stereocenters. The van der Waals surface area contributed by atoms with Crippen LogP contribution in [-0.4, -0.2) is 0 Å². The predicted octanol–water partition coefficient (Wildman–Crippen LogP) is 21.6. The molecule has 0 aliphatic heterocycles. The second kappa shape index (κ2) is 15.7. The van der Waals surface area contributed by atoms with Crippen molar-refractivity contribution >= 4 is 192 Å². The third kappa shape index (κ3) is 6.23. The van der Waals surface area contributed by atoms with Gasteiger partial charge in [0.15, 0.2) is 0 Å². The number of hydrogen-bond acceptors (Lipinski definition) is 6. The SMILES string of the molecule is c1ccc(N(c2ccc3c(c2)sc2cc4cc5c(cc4cc23)sc2cc(N(c3ccccc3)c3ccc4c(c3)sc3c6ccccc6ccc43)ccc25)c2ccc3c(c2)sc2c4ccccc4ccc32)cc1. The summed E-state index contributed by atoms with van der Waals surface area (Å²) >= 11 is 7.58. The van der Waals surface area contributed by atoms with Crippen molar-refractivity contribution in [1.29, 1.82) is 0 Å². The Balaban J connectivity index is 0.780. The molecule has 6 heteroatoms. The molecule has 0 saturated heterocycles. The van der Waals surface area contributed by atoms with E-state index < -0.39 is 0 Å². The molecule has 12 aromatic carbocycles. The fraction of sp³-hybridized carbons (Fsp3) is 0. The Hall–Kier alpha value is -8.10. The molecule has 0 spiro atoms. The highest BCUT2D eigenvalue weighted by molar-refractivity contribution is 7.27. The van der Waals surface area contributed by atoms with E-state index in [4.69, 9.17) is 0 Å². The van der Waals surface area contributed by atoms with Crippen LogP contribution in [0.2, 0.25) is 0 Å². The van der Waals surface area contributed by atoms with E-state index in [9.17, 15) is 0 Å². The van der Waals surface area contributed by atoms with Gasteiger partial charge >= 0.3 is 0 Å². The summed E-state index contributed by atoms with van der Waals surface area (Å²) in [5.74, 6) is 0. The Labute approximate surface area is 429 Å². The normalized spacial score (nSPS) is 12.2. The van der Waals surface area contributed by atoms with E-state index >= 15 is 0 Å². The van der Waals surface area contributed by atoms with Crippen LogP contribution in [0, 0.1) is 0 Å². The highest BCUT2D eigenvalue weighted by Crippen LogP contribution is 2.48. The molecule has 0 fully saturated rings. The van der Waals surface area contributed by atoms with E-state index in [0.29, 0.717) is 0 Å². The molecule has 4 aromatic heterocycles. The highest BCUT2D eigenvalue weighted by atomic mass is 32.1. The zero-order valence-corrected chi connectivity index (χ0v) is 41.7. The highest BCUT2D eigenvalue weighted by Gasteiger charge is 2.20. The molecule has 0 atom stereocenters. The van der Waals surface area contributed by atoms with Gasteiger partial charge in [-0.15, -0.1) is 45.3 Å². The van der Waals surface area contributed by atoms with Gasteiger partial charge in [0.1, 0.15) is 0 Å². The van der Waals surface area contributed by atoms with Crippen molar-refractivity contribution in [3.63, 3.8) is 0 Å². The number of thiophene rings is 4. The van der Waals surface area contributed by atoms with Gasteiger partial charge in [-0.3, -0.25) is 0 Å². The molecule has 4 heterocycles. The van der Waals surface area contributed by atoms with Gasteiger partial charge in [-0.1, -0.05) is 133 Å². The monoisotopic (exact) mass is 986 g/mol. The number of hydrogen-bond donors (Lipinski definition) is 0. The molecule has 16 rings (SSSR count). The van der Waals surface area contributed by atoms with E-state index in [1.54, 1.807) is 0 Å². The van der Waals surface area contributed by atoms with Gasteiger partial charge in [-0.05, 0) is 129 Å². The molecule has 0 N–H and O–H groups in total. The maximum atomic E-state index is 2.43. The lowest BCUT2D eigenvalue weighted by Gasteiger charge is -2.25. The Bertz CT molecular complexity index is 4580. The quantitative estimate of drug-likeness (QED) is 0.164. The van der Waals surface area contributed by atoms with Crippen LogP contribution in [-0.2, 0) is 0 Å². The minimum atomic E-state index is 1.14. The molecule has 0 bridgehead atoms. The van der Waals surface area contributed by atoms with Gasteiger partial charge in [0.2, 0.25) is 0 Å². The lowest BCUT2D eigenvalue weighted by molar-refractivity contribution is 1.30. The zero-order chi connectivity index (χ0) is 47.0. The van der Waals surface area contributed by atoms with Gasteiger partial charge in [0, 0.05) is 115 Å². The van der Waals surface area contributed by atoms with E-state index in [0.717, 1.165) is 34.1 Å². The van der Waals surface area contributed by atoms with Gasteiger partial charge in [-0.2, -0.15) is 0 Å². The van der Waals surface area contributed by atoms with E-state index in [-0.39, 0.29) is 0 Å². The van der Waals surface area contributed by atoms with Crippen LogP contribution in [0.1, 0.15) is 0 Å². The molecule has 336 valence electrons. The maximum Gasteiger partial charge on any atom is 0.0476 e. The summed E-state index contributed by atoms with van der Waals surface area (Å²) in [6, 6.07) is 86.0. The number of anilines is 6. The summed E-state index contributed by atoms with van der Waals surface area (Å²) in [7, 11) is 0. The van der Waals surface area contributed by atoms with Crippen molar-refractivity contribution < 1.29 is 0 Å².